The first-order valence-electron chi connectivity index (χ1n) is 7.88. The van der Waals surface area contributed by atoms with Gasteiger partial charge in [-0.3, -0.25) is 5.32 Å². The van der Waals surface area contributed by atoms with Crippen molar-refractivity contribution >= 4 is 11.8 Å². The summed E-state index contributed by atoms with van der Waals surface area (Å²) in [5.74, 6) is 3.52. The molecule has 0 saturated heterocycles. The first kappa shape index (κ1) is 16.9. The third-order valence-electron chi connectivity index (χ3n) is 4.10. The van der Waals surface area contributed by atoms with Gasteiger partial charge in [0, 0.05) is 6.04 Å². The van der Waals surface area contributed by atoms with E-state index < -0.39 is 0 Å². The average molecular weight is 282 g/mol. The summed E-state index contributed by atoms with van der Waals surface area (Å²) in [6.07, 6.45) is 8.80. The van der Waals surface area contributed by atoms with Gasteiger partial charge in [-0.1, -0.05) is 19.8 Å². The lowest BCUT2D eigenvalue weighted by Crippen LogP contribution is -2.47. The summed E-state index contributed by atoms with van der Waals surface area (Å²) >= 11 is 2.09. The zero-order valence-electron chi connectivity index (χ0n) is 12.9. The standard InChI is InChI=1S/C16H30N2S/c1-4-16(13-17,18-14(2)3)10-7-11-19-12-15-8-5-6-9-15/h14-15,18H,4-12H2,1-3H3. The van der Waals surface area contributed by atoms with E-state index in [4.69, 9.17) is 0 Å². The molecule has 0 aromatic rings. The summed E-state index contributed by atoms with van der Waals surface area (Å²) in [7, 11) is 0. The number of nitrogens with one attached hydrogen (secondary N) is 1. The summed E-state index contributed by atoms with van der Waals surface area (Å²) < 4.78 is 0. The van der Waals surface area contributed by atoms with E-state index in [2.05, 4.69) is 43.9 Å². The van der Waals surface area contributed by atoms with Crippen molar-refractivity contribution < 1.29 is 0 Å². The number of nitrogens with zero attached hydrogens (tertiary/aromatic N) is 1. The first-order valence-corrected chi connectivity index (χ1v) is 9.04. The summed E-state index contributed by atoms with van der Waals surface area (Å²) in [5, 5.41) is 12.9. The Hall–Kier alpha value is -0.200. The lowest BCUT2D eigenvalue weighted by atomic mass is 9.91. The third-order valence-corrected chi connectivity index (χ3v) is 5.39. The zero-order valence-corrected chi connectivity index (χ0v) is 13.7. The fraction of sp³-hybridized carbons (Fsp3) is 0.938. The highest BCUT2D eigenvalue weighted by Gasteiger charge is 2.27. The van der Waals surface area contributed by atoms with E-state index in [1.165, 1.54) is 37.2 Å². The predicted molar refractivity (Wildman–Crippen MR) is 85.4 cm³/mol. The molecule has 1 aliphatic carbocycles. The number of hydrogen-bond acceptors (Lipinski definition) is 3. The highest BCUT2D eigenvalue weighted by Crippen LogP contribution is 2.28. The Kier molecular flexibility index (Phi) is 7.87. The van der Waals surface area contributed by atoms with Gasteiger partial charge in [-0.15, -0.1) is 0 Å². The van der Waals surface area contributed by atoms with Crippen molar-refractivity contribution in [2.24, 2.45) is 5.92 Å². The maximum absolute atomic E-state index is 9.44. The van der Waals surface area contributed by atoms with E-state index in [0.29, 0.717) is 6.04 Å². The molecule has 19 heavy (non-hydrogen) atoms. The van der Waals surface area contributed by atoms with Crippen LogP contribution in [-0.2, 0) is 0 Å². The summed E-state index contributed by atoms with van der Waals surface area (Å²) in [5.41, 5.74) is -0.303. The molecule has 0 spiro atoms. The number of rotatable bonds is 9. The van der Waals surface area contributed by atoms with E-state index in [1.54, 1.807) is 0 Å². The minimum absolute atomic E-state index is 0.303. The lowest BCUT2D eigenvalue weighted by molar-refractivity contribution is 0.341. The van der Waals surface area contributed by atoms with Crippen molar-refractivity contribution in [3.05, 3.63) is 0 Å². The molecule has 1 fully saturated rings. The first-order chi connectivity index (χ1) is 9.12. The van der Waals surface area contributed by atoms with Gasteiger partial charge >= 0.3 is 0 Å². The maximum Gasteiger partial charge on any atom is 0.106 e. The minimum Gasteiger partial charge on any atom is -0.297 e. The highest BCUT2D eigenvalue weighted by atomic mass is 32.2. The van der Waals surface area contributed by atoms with Gasteiger partial charge in [0.25, 0.3) is 0 Å². The SMILES string of the molecule is CCC(C#N)(CCCSCC1CCCC1)NC(C)C. The van der Waals surface area contributed by atoms with Crippen LogP contribution in [-0.4, -0.2) is 23.1 Å². The van der Waals surface area contributed by atoms with Crippen LogP contribution < -0.4 is 5.32 Å². The average Bonchev–Trinajstić information content (AvgIpc) is 2.89. The van der Waals surface area contributed by atoms with Crippen LogP contribution in [0.5, 0.6) is 0 Å². The van der Waals surface area contributed by atoms with Crippen LogP contribution in [0, 0.1) is 17.2 Å². The molecule has 0 amide bonds. The van der Waals surface area contributed by atoms with Gasteiger partial charge in [0.1, 0.15) is 5.54 Å². The van der Waals surface area contributed by atoms with Gasteiger partial charge in [0.15, 0.2) is 0 Å². The molecule has 3 heteroatoms. The van der Waals surface area contributed by atoms with Crippen molar-refractivity contribution in [3.8, 4) is 6.07 Å². The molecule has 1 saturated carbocycles. The molecule has 0 heterocycles. The normalized spacial score (nSPS) is 19.5. The molecule has 1 rings (SSSR count). The second-order valence-electron chi connectivity index (χ2n) is 6.18. The number of nitriles is 1. The molecule has 1 atom stereocenters. The molecular weight excluding hydrogens is 252 g/mol. The maximum atomic E-state index is 9.44. The van der Waals surface area contributed by atoms with E-state index in [-0.39, 0.29) is 5.54 Å². The predicted octanol–water partition coefficient (Wildman–Crippen LogP) is 4.36. The lowest BCUT2D eigenvalue weighted by Gasteiger charge is -2.29. The van der Waals surface area contributed by atoms with Crippen LogP contribution in [0.25, 0.3) is 0 Å². The summed E-state index contributed by atoms with van der Waals surface area (Å²) in [4.78, 5) is 0. The van der Waals surface area contributed by atoms with E-state index >= 15 is 0 Å². The van der Waals surface area contributed by atoms with Crippen LogP contribution in [0.4, 0.5) is 0 Å². The Morgan fingerprint density at radius 1 is 1.37 bits per heavy atom. The second-order valence-corrected chi connectivity index (χ2v) is 7.33. The van der Waals surface area contributed by atoms with Crippen LogP contribution >= 0.6 is 11.8 Å². The van der Waals surface area contributed by atoms with Crippen molar-refractivity contribution in [1.82, 2.24) is 5.32 Å². The van der Waals surface area contributed by atoms with Crippen molar-refractivity contribution in [2.75, 3.05) is 11.5 Å². The molecule has 2 nitrogen and oxygen atoms in total. The Morgan fingerprint density at radius 3 is 2.58 bits per heavy atom. The van der Waals surface area contributed by atoms with Crippen molar-refractivity contribution in [1.29, 1.82) is 5.26 Å². The fourth-order valence-electron chi connectivity index (χ4n) is 2.97. The molecular formula is C16H30N2S. The minimum atomic E-state index is -0.303. The number of hydrogen-bond donors (Lipinski definition) is 1. The molecule has 0 radical (unpaired) electrons. The highest BCUT2D eigenvalue weighted by molar-refractivity contribution is 7.99. The summed E-state index contributed by atoms with van der Waals surface area (Å²) in [6.45, 7) is 6.36. The molecule has 0 bridgehead atoms. The van der Waals surface area contributed by atoms with Crippen LogP contribution in [0.3, 0.4) is 0 Å². The zero-order chi connectivity index (χ0) is 14.1. The molecule has 1 unspecified atom stereocenters. The Morgan fingerprint density at radius 2 is 2.05 bits per heavy atom. The monoisotopic (exact) mass is 282 g/mol. The second kappa shape index (κ2) is 8.87. The van der Waals surface area contributed by atoms with E-state index in [0.717, 1.165) is 25.2 Å². The van der Waals surface area contributed by atoms with E-state index in [9.17, 15) is 5.26 Å². The molecule has 1 aliphatic rings. The van der Waals surface area contributed by atoms with Gasteiger partial charge in [0.05, 0.1) is 6.07 Å². The Bertz CT molecular complexity index is 279. The van der Waals surface area contributed by atoms with Gasteiger partial charge in [-0.25, -0.2) is 0 Å². The Labute approximate surface area is 123 Å². The van der Waals surface area contributed by atoms with Gasteiger partial charge in [-0.2, -0.15) is 17.0 Å². The molecule has 110 valence electrons. The largest absolute Gasteiger partial charge is 0.297 e. The Balaban J connectivity index is 2.19. The van der Waals surface area contributed by atoms with Crippen molar-refractivity contribution in [3.63, 3.8) is 0 Å². The van der Waals surface area contributed by atoms with Crippen LogP contribution in [0.15, 0.2) is 0 Å². The van der Waals surface area contributed by atoms with Gasteiger partial charge < -0.3 is 0 Å². The quantitative estimate of drug-likeness (QED) is 0.638. The topological polar surface area (TPSA) is 35.8 Å². The smallest absolute Gasteiger partial charge is 0.106 e. The van der Waals surface area contributed by atoms with E-state index in [1.807, 2.05) is 0 Å². The van der Waals surface area contributed by atoms with Gasteiger partial charge in [-0.05, 0) is 63.4 Å². The molecule has 0 aromatic carbocycles. The molecule has 0 aliphatic heterocycles. The number of thioether (sulfide) groups is 1. The van der Waals surface area contributed by atoms with Crippen LogP contribution in [0.1, 0.15) is 65.7 Å². The molecule has 1 N–H and O–H groups in total. The molecule has 0 aromatic heterocycles. The third kappa shape index (κ3) is 6.19. The van der Waals surface area contributed by atoms with Crippen LogP contribution in [0.2, 0.25) is 0 Å². The fourth-order valence-corrected chi connectivity index (χ4v) is 4.16. The van der Waals surface area contributed by atoms with Crippen molar-refractivity contribution in [2.45, 2.75) is 77.3 Å². The van der Waals surface area contributed by atoms with Gasteiger partial charge in [0.2, 0.25) is 0 Å². The summed E-state index contributed by atoms with van der Waals surface area (Å²) in [6, 6.07) is 2.89.